The first-order chi connectivity index (χ1) is 15.5. The highest BCUT2D eigenvalue weighted by atomic mass is 16.6. The second kappa shape index (κ2) is 12.4. The summed E-state index contributed by atoms with van der Waals surface area (Å²) in [5.74, 6) is 2.40. The van der Waals surface area contributed by atoms with Gasteiger partial charge in [0.15, 0.2) is 0 Å². The SMILES string of the molecule is CCOC(=O)N1CCC(N(CC(C)C)CC2CCN(Cc3ccccc3OC)CC2)CC1. The number of nitrogens with zero attached hydrogens (tertiary/aromatic N) is 3. The Labute approximate surface area is 194 Å². The minimum atomic E-state index is -0.149. The van der Waals surface area contributed by atoms with Gasteiger partial charge in [0.2, 0.25) is 0 Å². The fourth-order valence-corrected chi connectivity index (χ4v) is 5.20. The predicted molar refractivity (Wildman–Crippen MR) is 129 cm³/mol. The minimum absolute atomic E-state index is 0.149. The Balaban J connectivity index is 1.49. The maximum atomic E-state index is 12.0. The van der Waals surface area contributed by atoms with Gasteiger partial charge in [0.1, 0.15) is 5.75 Å². The van der Waals surface area contributed by atoms with E-state index in [2.05, 4.69) is 41.8 Å². The molecule has 0 radical (unpaired) electrons. The van der Waals surface area contributed by atoms with Gasteiger partial charge >= 0.3 is 6.09 Å². The van der Waals surface area contributed by atoms with Crippen molar-refractivity contribution < 1.29 is 14.3 Å². The number of carbonyl (C=O) groups is 1. The number of rotatable bonds is 9. The Morgan fingerprint density at radius 3 is 2.41 bits per heavy atom. The summed E-state index contributed by atoms with van der Waals surface area (Å²) in [6.07, 6.45) is 4.47. The van der Waals surface area contributed by atoms with Crippen LogP contribution >= 0.6 is 0 Å². The Kier molecular flexibility index (Phi) is 9.67. The number of para-hydroxylation sites is 1. The summed E-state index contributed by atoms with van der Waals surface area (Å²) in [7, 11) is 1.76. The average molecular weight is 446 g/mol. The molecule has 6 nitrogen and oxygen atoms in total. The van der Waals surface area contributed by atoms with Gasteiger partial charge in [-0.25, -0.2) is 4.79 Å². The van der Waals surface area contributed by atoms with Gasteiger partial charge in [0, 0.05) is 44.3 Å². The van der Waals surface area contributed by atoms with Crippen molar-refractivity contribution in [2.45, 2.75) is 59.0 Å². The van der Waals surface area contributed by atoms with E-state index in [1.54, 1.807) is 7.11 Å². The molecule has 0 unspecified atom stereocenters. The smallest absolute Gasteiger partial charge is 0.409 e. The van der Waals surface area contributed by atoms with E-state index in [-0.39, 0.29) is 6.09 Å². The second-order valence-electron chi connectivity index (χ2n) is 9.80. The highest BCUT2D eigenvalue weighted by Crippen LogP contribution is 2.26. The number of piperidine rings is 2. The van der Waals surface area contributed by atoms with Gasteiger partial charge in [-0.05, 0) is 63.6 Å². The Hall–Kier alpha value is -1.79. The number of benzene rings is 1. The zero-order chi connectivity index (χ0) is 22.9. The predicted octanol–water partition coefficient (Wildman–Crippen LogP) is 4.49. The third-order valence-electron chi connectivity index (χ3n) is 6.89. The molecule has 0 bridgehead atoms. The van der Waals surface area contributed by atoms with Crippen molar-refractivity contribution in [1.29, 1.82) is 0 Å². The van der Waals surface area contributed by atoms with Crippen LogP contribution in [0.1, 0.15) is 52.0 Å². The lowest BCUT2D eigenvalue weighted by molar-refractivity contribution is 0.0563. The van der Waals surface area contributed by atoms with E-state index in [0.29, 0.717) is 18.6 Å². The average Bonchev–Trinajstić information content (AvgIpc) is 2.80. The maximum absolute atomic E-state index is 12.0. The van der Waals surface area contributed by atoms with Crippen LogP contribution < -0.4 is 4.74 Å². The first-order valence-electron chi connectivity index (χ1n) is 12.5. The van der Waals surface area contributed by atoms with E-state index in [1.165, 1.54) is 24.9 Å². The number of methoxy groups -OCH3 is 1. The van der Waals surface area contributed by atoms with Crippen LogP contribution in [-0.2, 0) is 11.3 Å². The van der Waals surface area contributed by atoms with Crippen LogP contribution in [0.2, 0.25) is 0 Å². The minimum Gasteiger partial charge on any atom is -0.496 e. The van der Waals surface area contributed by atoms with Gasteiger partial charge in [0.05, 0.1) is 13.7 Å². The summed E-state index contributed by atoms with van der Waals surface area (Å²) < 4.78 is 10.7. The molecule has 0 aliphatic carbocycles. The number of ether oxygens (including phenoxy) is 2. The van der Waals surface area contributed by atoms with Gasteiger partial charge in [-0.1, -0.05) is 32.0 Å². The number of carbonyl (C=O) groups excluding carboxylic acids is 1. The summed E-state index contributed by atoms with van der Waals surface area (Å²) in [4.78, 5) is 19.2. The Bertz CT molecular complexity index is 695. The topological polar surface area (TPSA) is 45.2 Å². The Morgan fingerprint density at radius 1 is 1.09 bits per heavy atom. The molecule has 2 heterocycles. The van der Waals surface area contributed by atoms with E-state index in [1.807, 2.05) is 17.9 Å². The maximum Gasteiger partial charge on any atom is 0.409 e. The first-order valence-corrected chi connectivity index (χ1v) is 12.5. The lowest BCUT2D eigenvalue weighted by Gasteiger charge is -2.42. The van der Waals surface area contributed by atoms with Crippen molar-refractivity contribution in [3.8, 4) is 5.75 Å². The molecule has 2 fully saturated rings. The molecule has 1 aromatic rings. The second-order valence-corrected chi connectivity index (χ2v) is 9.80. The molecule has 1 amide bonds. The van der Waals surface area contributed by atoms with Gasteiger partial charge in [0.25, 0.3) is 0 Å². The molecule has 3 rings (SSSR count). The van der Waals surface area contributed by atoms with E-state index >= 15 is 0 Å². The van der Waals surface area contributed by atoms with E-state index < -0.39 is 0 Å². The summed E-state index contributed by atoms with van der Waals surface area (Å²) >= 11 is 0. The molecule has 2 saturated heterocycles. The fourth-order valence-electron chi connectivity index (χ4n) is 5.20. The van der Waals surface area contributed by atoms with E-state index in [4.69, 9.17) is 9.47 Å². The molecular formula is C26H43N3O3. The Morgan fingerprint density at radius 2 is 1.78 bits per heavy atom. The largest absolute Gasteiger partial charge is 0.496 e. The van der Waals surface area contributed by atoms with Gasteiger partial charge in [-0.15, -0.1) is 0 Å². The van der Waals surface area contributed by atoms with Crippen LogP contribution in [0.3, 0.4) is 0 Å². The lowest BCUT2D eigenvalue weighted by atomic mass is 9.93. The molecular weight excluding hydrogens is 402 g/mol. The van der Waals surface area contributed by atoms with Crippen molar-refractivity contribution in [3.63, 3.8) is 0 Å². The summed E-state index contributed by atoms with van der Waals surface area (Å²) in [6.45, 7) is 14.2. The number of amides is 1. The standard InChI is InChI=1S/C26H43N3O3/c1-5-32-26(30)28-16-12-24(13-17-28)29(18-21(2)3)19-22-10-14-27(15-11-22)20-23-8-6-7-9-25(23)31-4/h6-9,21-22,24H,5,10-20H2,1-4H3. The molecule has 0 atom stereocenters. The summed E-state index contributed by atoms with van der Waals surface area (Å²) in [5, 5.41) is 0. The first kappa shape index (κ1) is 24.8. The molecule has 0 spiro atoms. The van der Waals surface area contributed by atoms with Crippen LogP contribution in [0.4, 0.5) is 4.79 Å². The van der Waals surface area contributed by atoms with Crippen LogP contribution in [0, 0.1) is 11.8 Å². The lowest BCUT2D eigenvalue weighted by Crippen LogP contribution is -2.49. The third kappa shape index (κ3) is 7.11. The molecule has 32 heavy (non-hydrogen) atoms. The van der Waals surface area contributed by atoms with Crippen molar-refractivity contribution in [2.75, 3.05) is 53.0 Å². The molecule has 0 aromatic heterocycles. The van der Waals surface area contributed by atoms with E-state index in [9.17, 15) is 4.79 Å². The highest BCUT2D eigenvalue weighted by Gasteiger charge is 2.30. The normalized spacial score (nSPS) is 19.0. The molecule has 180 valence electrons. The zero-order valence-corrected chi connectivity index (χ0v) is 20.6. The molecule has 0 N–H and O–H groups in total. The number of likely N-dealkylation sites (tertiary alicyclic amines) is 2. The van der Waals surface area contributed by atoms with E-state index in [0.717, 1.165) is 63.8 Å². The van der Waals surface area contributed by atoms with Crippen LogP contribution in [0.15, 0.2) is 24.3 Å². The number of hydrogen-bond donors (Lipinski definition) is 0. The molecule has 2 aliphatic rings. The quantitative estimate of drug-likeness (QED) is 0.561. The third-order valence-corrected chi connectivity index (χ3v) is 6.89. The van der Waals surface area contributed by atoms with Crippen LogP contribution in [0.25, 0.3) is 0 Å². The zero-order valence-electron chi connectivity index (χ0n) is 20.6. The van der Waals surface area contributed by atoms with Gasteiger partial charge < -0.3 is 14.4 Å². The highest BCUT2D eigenvalue weighted by molar-refractivity contribution is 5.67. The summed E-state index contributed by atoms with van der Waals surface area (Å²) in [6, 6.07) is 8.95. The monoisotopic (exact) mass is 445 g/mol. The van der Waals surface area contributed by atoms with Crippen molar-refractivity contribution in [2.24, 2.45) is 11.8 Å². The van der Waals surface area contributed by atoms with Crippen molar-refractivity contribution in [3.05, 3.63) is 29.8 Å². The van der Waals surface area contributed by atoms with Crippen molar-refractivity contribution >= 4 is 6.09 Å². The molecule has 2 aliphatic heterocycles. The number of hydrogen-bond acceptors (Lipinski definition) is 5. The van der Waals surface area contributed by atoms with Crippen molar-refractivity contribution in [1.82, 2.24) is 14.7 Å². The fraction of sp³-hybridized carbons (Fsp3) is 0.731. The van der Waals surface area contributed by atoms with Crippen LogP contribution in [0.5, 0.6) is 5.75 Å². The molecule has 1 aromatic carbocycles. The summed E-state index contributed by atoms with van der Waals surface area (Å²) in [5.41, 5.74) is 1.28. The molecule has 6 heteroatoms. The van der Waals surface area contributed by atoms with Gasteiger partial charge in [-0.3, -0.25) is 9.80 Å². The van der Waals surface area contributed by atoms with Crippen LogP contribution in [-0.4, -0.2) is 79.8 Å². The molecule has 0 saturated carbocycles. The van der Waals surface area contributed by atoms with Gasteiger partial charge in [-0.2, -0.15) is 0 Å².